The molecule has 3 aromatic rings. The lowest BCUT2D eigenvalue weighted by Gasteiger charge is -2.36. The Kier molecular flexibility index (Phi) is 8.65. The van der Waals surface area contributed by atoms with Gasteiger partial charge in [0, 0.05) is 62.8 Å². The predicted molar refractivity (Wildman–Crippen MR) is 149 cm³/mol. The molecular weight excluding hydrogens is 599 g/mol. The van der Waals surface area contributed by atoms with Gasteiger partial charge >= 0.3 is 6.09 Å². The van der Waals surface area contributed by atoms with Crippen LogP contribution in [0, 0.1) is 6.92 Å². The highest BCUT2D eigenvalue weighted by Crippen LogP contribution is 2.35. The van der Waals surface area contributed by atoms with Crippen LogP contribution in [-0.2, 0) is 15.9 Å². The Bertz CT molecular complexity index is 1280. The Morgan fingerprint density at radius 2 is 1.54 bits per heavy atom. The predicted octanol–water partition coefficient (Wildman–Crippen LogP) is 2.50. The van der Waals surface area contributed by atoms with Gasteiger partial charge in [-0.25, -0.2) is 9.78 Å². The summed E-state index contributed by atoms with van der Waals surface area (Å²) in [6.45, 7) is 16.4. The van der Waals surface area contributed by atoms with Gasteiger partial charge in [-0.2, -0.15) is 0 Å². The van der Waals surface area contributed by atoms with Crippen LogP contribution in [0.15, 0.2) is 24.3 Å². The van der Waals surface area contributed by atoms with E-state index in [2.05, 4.69) is 47.9 Å². The van der Waals surface area contributed by atoms with Gasteiger partial charge in [0.05, 0.1) is 13.2 Å². The highest BCUT2D eigenvalue weighted by atomic mass is 127. The number of aromatic nitrogens is 1. The molecule has 37 heavy (non-hydrogen) atoms. The van der Waals surface area contributed by atoms with Gasteiger partial charge in [-0.3, -0.25) is 0 Å². The molecule has 2 fully saturated rings. The monoisotopic (exact) mass is 636 g/mol. The van der Waals surface area contributed by atoms with Gasteiger partial charge in [0.2, 0.25) is 11.3 Å². The largest absolute Gasteiger partial charge is 1.00 e. The van der Waals surface area contributed by atoms with Crippen LogP contribution in [0.2, 0.25) is 0 Å². The number of hydrogen-bond acceptors (Lipinski definition) is 6. The maximum Gasteiger partial charge on any atom is 0.410 e. The lowest BCUT2D eigenvalue weighted by molar-refractivity contribution is -0.0000513. The van der Waals surface area contributed by atoms with Gasteiger partial charge < -0.3 is 48.2 Å². The summed E-state index contributed by atoms with van der Waals surface area (Å²) in [5, 5.41) is 0. The number of ether oxygens (including phenoxy) is 2. The SMILES string of the molecule is CCc1cc(N2CCN(C(=O)OC(C)(C)C)CC2)cc2[s+]c3cc(N4CCOCC4)cc(C)c3nc12.[I-]. The Morgan fingerprint density at radius 1 is 0.946 bits per heavy atom. The van der Waals surface area contributed by atoms with E-state index >= 15 is 0 Å². The fourth-order valence-corrected chi connectivity index (χ4v) is 6.14. The van der Waals surface area contributed by atoms with Crippen LogP contribution >= 0.6 is 11.3 Å². The minimum Gasteiger partial charge on any atom is -1.00 e. The van der Waals surface area contributed by atoms with Crippen molar-refractivity contribution in [3.05, 3.63) is 35.4 Å². The average Bonchev–Trinajstić information content (AvgIpc) is 2.86. The fraction of sp³-hybridized carbons (Fsp3) is 0.536. The quantitative estimate of drug-likeness (QED) is 0.251. The average molecular weight is 637 g/mol. The van der Waals surface area contributed by atoms with Gasteiger partial charge in [0.15, 0.2) is 0 Å². The first-order chi connectivity index (χ1) is 17.2. The number of benzene rings is 2. The summed E-state index contributed by atoms with van der Waals surface area (Å²) in [6, 6.07) is 9.13. The highest BCUT2D eigenvalue weighted by molar-refractivity contribution is 7.24. The molecule has 9 heteroatoms. The maximum atomic E-state index is 12.5. The zero-order chi connectivity index (χ0) is 25.4. The Labute approximate surface area is 240 Å². The molecule has 0 spiro atoms. The molecule has 3 heterocycles. The first kappa shape index (κ1) is 28.0. The van der Waals surface area contributed by atoms with E-state index in [1.54, 1.807) is 0 Å². The number of halogens is 1. The number of nitrogens with zero attached hydrogens (tertiary/aromatic N) is 4. The number of aryl methyl sites for hydroxylation is 2. The van der Waals surface area contributed by atoms with Crippen molar-refractivity contribution in [1.29, 1.82) is 0 Å². The topological polar surface area (TPSA) is 58.1 Å². The number of piperazine rings is 1. The zero-order valence-electron chi connectivity index (χ0n) is 22.5. The molecule has 0 aliphatic carbocycles. The van der Waals surface area contributed by atoms with Crippen molar-refractivity contribution < 1.29 is 38.2 Å². The number of carbonyl (C=O) groups is 1. The van der Waals surface area contributed by atoms with Crippen molar-refractivity contribution in [3.63, 3.8) is 0 Å². The number of hydrogen-bond donors (Lipinski definition) is 0. The summed E-state index contributed by atoms with van der Waals surface area (Å²) < 4.78 is 13.6. The molecule has 2 saturated heterocycles. The minimum absolute atomic E-state index is 0. The Balaban J connectivity index is 0.00000320. The maximum absolute atomic E-state index is 12.5. The molecule has 2 aliphatic rings. The molecule has 0 unspecified atom stereocenters. The van der Waals surface area contributed by atoms with Crippen LogP contribution in [0.3, 0.4) is 0 Å². The molecule has 2 aromatic carbocycles. The second kappa shape index (κ2) is 11.4. The summed E-state index contributed by atoms with van der Waals surface area (Å²) in [5.74, 6) is 0. The van der Waals surface area contributed by atoms with Crippen LogP contribution in [0.5, 0.6) is 0 Å². The third kappa shape index (κ3) is 6.20. The van der Waals surface area contributed by atoms with E-state index in [0.717, 1.165) is 56.8 Å². The van der Waals surface area contributed by atoms with Gasteiger partial charge in [0.25, 0.3) is 9.40 Å². The van der Waals surface area contributed by atoms with Crippen molar-refractivity contribution in [3.8, 4) is 0 Å². The molecule has 2 aliphatic heterocycles. The normalized spacial score (nSPS) is 16.7. The lowest BCUT2D eigenvalue weighted by atomic mass is 10.1. The summed E-state index contributed by atoms with van der Waals surface area (Å²) in [6.07, 6.45) is 0.706. The number of morpholine rings is 1. The number of anilines is 2. The van der Waals surface area contributed by atoms with E-state index in [9.17, 15) is 4.79 Å². The second-order valence-corrected chi connectivity index (χ2v) is 11.8. The molecule has 0 saturated carbocycles. The zero-order valence-corrected chi connectivity index (χ0v) is 25.4. The van der Waals surface area contributed by atoms with E-state index in [1.807, 2.05) is 37.0 Å². The first-order valence-electron chi connectivity index (χ1n) is 13.0. The molecular formula is C28H37IN4O3S. The van der Waals surface area contributed by atoms with Crippen molar-refractivity contribution in [2.45, 2.75) is 46.6 Å². The van der Waals surface area contributed by atoms with Crippen LogP contribution < -0.4 is 33.8 Å². The van der Waals surface area contributed by atoms with E-state index in [0.29, 0.717) is 13.1 Å². The molecule has 1 aromatic heterocycles. The molecule has 0 atom stereocenters. The fourth-order valence-electron chi connectivity index (χ4n) is 4.96. The third-order valence-electron chi connectivity index (χ3n) is 6.89. The van der Waals surface area contributed by atoms with Crippen molar-refractivity contribution in [2.24, 2.45) is 0 Å². The Morgan fingerprint density at radius 3 is 2.16 bits per heavy atom. The lowest BCUT2D eigenvalue weighted by Crippen LogP contribution is -3.00. The van der Waals surface area contributed by atoms with Crippen molar-refractivity contribution >= 4 is 49.2 Å². The van der Waals surface area contributed by atoms with Gasteiger partial charge in [0.1, 0.15) is 16.6 Å². The van der Waals surface area contributed by atoms with E-state index in [-0.39, 0.29) is 30.1 Å². The molecule has 1 amide bonds. The second-order valence-electron chi connectivity index (χ2n) is 10.7. The van der Waals surface area contributed by atoms with Crippen LogP contribution in [0.25, 0.3) is 20.4 Å². The van der Waals surface area contributed by atoms with Crippen LogP contribution in [0.1, 0.15) is 38.8 Å². The Hall–Kier alpha value is -1.98. The smallest absolute Gasteiger partial charge is 0.410 e. The molecule has 0 N–H and O–H groups in total. The first-order valence-corrected chi connectivity index (χ1v) is 13.8. The van der Waals surface area contributed by atoms with Crippen molar-refractivity contribution in [1.82, 2.24) is 9.88 Å². The van der Waals surface area contributed by atoms with E-state index < -0.39 is 5.60 Å². The highest BCUT2D eigenvalue weighted by Gasteiger charge is 2.27. The molecule has 0 bridgehead atoms. The van der Waals surface area contributed by atoms with E-state index in [1.165, 1.54) is 31.9 Å². The van der Waals surface area contributed by atoms with Gasteiger partial charge in [-0.05, 0) is 57.4 Å². The number of fused-ring (bicyclic) bond motifs is 2. The molecule has 5 rings (SSSR count). The molecule has 0 radical (unpaired) electrons. The number of amides is 1. The van der Waals surface area contributed by atoms with E-state index in [4.69, 9.17) is 14.5 Å². The number of carbonyl (C=O) groups excluding carboxylic acids is 1. The summed E-state index contributed by atoms with van der Waals surface area (Å²) in [4.78, 5) is 24.3. The summed E-state index contributed by atoms with van der Waals surface area (Å²) in [7, 11) is 0. The van der Waals surface area contributed by atoms with Crippen LogP contribution in [-0.4, -0.2) is 74.1 Å². The molecule has 7 nitrogen and oxygen atoms in total. The summed E-state index contributed by atoms with van der Waals surface area (Å²) >= 11 is 1.83. The standard InChI is InChI=1S/C28H37N4O3S.HI/c1-6-20-16-22(30-7-9-32(10-8-30)27(33)35-28(3,4)5)18-24-26(20)29-25-19(2)15-21(17-23(25)36-24)31-11-13-34-14-12-31;/h15-18H,6-14H2,1-5H3;1H/q+1;/p-1. The van der Waals surface area contributed by atoms with Gasteiger partial charge in [-0.1, -0.05) is 6.92 Å². The van der Waals surface area contributed by atoms with Crippen LogP contribution in [0.4, 0.5) is 16.2 Å². The van der Waals surface area contributed by atoms with Gasteiger partial charge in [-0.15, -0.1) is 0 Å². The summed E-state index contributed by atoms with van der Waals surface area (Å²) in [5.41, 5.74) is 6.68. The molecule has 200 valence electrons. The minimum atomic E-state index is -0.472. The third-order valence-corrected chi connectivity index (χ3v) is 7.95. The van der Waals surface area contributed by atoms with Crippen molar-refractivity contribution in [2.75, 3.05) is 62.3 Å². The number of rotatable bonds is 3.